The van der Waals surface area contributed by atoms with E-state index in [1.165, 1.54) is 0 Å². The molecule has 0 saturated heterocycles. The second-order valence-corrected chi connectivity index (χ2v) is 5.69. The molecule has 2 aromatic carbocycles. The molecule has 0 unspecified atom stereocenters. The lowest BCUT2D eigenvalue weighted by molar-refractivity contribution is 0.102. The SMILES string of the molecule is COc1cccc(C(=O)Nc2ccccc2-c2nc3ncccc3[nH]2)c1. The molecular weight excluding hydrogens is 328 g/mol. The smallest absolute Gasteiger partial charge is 0.255 e. The van der Waals surface area contributed by atoms with Crippen LogP contribution >= 0.6 is 0 Å². The van der Waals surface area contributed by atoms with Gasteiger partial charge in [-0.15, -0.1) is 0 Å². The molecular formula is C20H16N4O2. The molecule has 6 heteroatoms. The van der Waals surface area contributed by atoms with E-state index in [9.17, 15) is 4.79 Å². The van der Waals surface area contributed by atoms with E-state index in [-0.39, 0.29) is 5.91 Å². The molecule has 6 nitrogen and oxygen atoms in total. The van der Waals surface area contributed by atoms with E-state index in [0.717, 1.165) is 11.1 Å². The second kappa shape index (κ2) is 6.68. The molecule has 1 amide bonds. The fourth-order valence-electron chi connectivity index (χ4n) is 2.73. The fourth-order valence-corrected chi connectivity index (χ4v) is 2.73. The predicted octanol–water partition coefficient (Wildman–Crippen LogP) is 3.89. The van der Waals surface area contributed by atoms with E-state index < -0.39 is 0 Å². The average molecular weight is 344 g/mol. The van der Waals surface area contributed by atoms with Crippen LogP contribution in [0.5, 0.6) is 5.75 Å². The molecule has 0 bridgehead atoms. The Hall–Kier alpha value is -3.67. The standard InChI is InChI=1S/C20H16N4O2/c1-26-14-7-4-6-13(12-14)20(25)23-16-9-3-2-8-15(16)18-22-17-10-5-11-21-19(17)24-18/h2-12H,1H3,(H,23,25)(H,21,22,24). The number of carbonyl (C=O) groups is 1. The van der Waals surface area contributed by atoms with Crippen LogP contribution in [0.1, 0.15) is 10.4 Å². The van der Waals surface area contributed by atoms with Gasteiger partial charge in [0, 0.05) is 17.3 Å². The molecule has 0 aliphatic heterocycles. The van der Waals surface area contributed by atoms with Crippen LogP contribution in [0.25, 0.3) is 22.6 Å². The van der Waals surface area contributed by atoms with E-state index in [1.807, 2.05) is 36.4 Å². The second-order valence-electron chi connectivity index (χ2n) is 5.69. The third-order valence-electron chi connectivity index (χ3n) is 4.02. The Labute approximate surface area is 149 Å². The Kier molecular flexibility index (Phi) is 4.07. The summed E-state index contributed by atoms with van der Waals surface area (Å²) in [6, 6.07) is 18.3. The molecule has 2 N–H and O–H groups in total. The number of rotatable bonds is 4. The number of methoxy groups -OCH3 is 1. The summed E-state index contributed by atoms with van der Waals surface area (Å²) in [6.45, 7) is 0. The Bertz CT molecular complexity index is 1050. The molecule has 0 radical (unpaired) electrons. The van der Waals surface area contributed by atoms with Gasteiger partial charge < -0.3 is 15.0 Å². The number of anilines is 1. The van der Waals surface area contributed by atoms with Gasteiger partial charge in [0.2, 0.25) is 0 Å². The van der Waals surface area contributed by atoms with Crippen molar-refractivity contribution >= 4 is 22.8 Å². The largest absolute Gasteiger partial charge is 0.497 e. The van der Waals surface area contributed by atoms with Gasteiger partial charge in [-0.05, 0) is 42.5 Å². The first kappa shape index (κ1) is 15.8. The van der Waals surface area contributed by atoms with Crippen molar-refractivity contribution in [2.45, 2.75) is 0 Å². The lowest BCUT2D eigenvalue weighted by atomic mass is 10.1. The lowest BCUT2D eigenvalue weighted by Crippen LogP contribution is -2.12. The zero-order chi connectivity index (χ0) is 17.9. The first-order valence-electron chi connectivity index (χ1n) is 8.10. The molecule has 128 valence electrons. The molecule has 26 heavy (non-hydrogen) atoms. The molecule has 0 fully saturated rings. The summed E-state index contributed by atoms with van der Waals surface area (Å²) in [5.41, 5.74) is 3.46. The maximum absolute atomic E-state index is 12.6. The quantitative estimate of drug-likeness (QED) is 0.589. The Morgan fingerprint density at radius 3 is 2.81 bits per heavy atom. The number of aromatic nitrogens is 3. The third-order valence-corrected chi connectivity index (χ3v) is 4.02. The Balaban J connectivity index is 1.68. The van der Waals surface area contributed by atoms with Crippen LogP contribution in [-0.2, 0) is 0 Å². The zero-order valence-electron chi connectivity index (χ0n) is 14.1. The average Bonchev–Trinajstić information content (AvgIpc) is 3.12. The maximum Gasteiger partial charge on any atom is 0.255 e. The molecule has 2 heterocycles. The summed E-state index contributed by atoms with van der Waals surface area (Å²) < 4.78 is 5.18. The van der Waals surface area contributed by atoms with E-state index in [4.69, 9.17) is 4.74 Å². The van der Waals surface area contributed by atoms with Gasteiger partial charge in [-0.1, -0.05) is 18.2 Å². The normalized spacial score (nSPS) is 10.7. The van der Waals surface area contributed by atoms with E-state index >= 15 is 0 Å². The monoisotopic (exact) mass is 344 g/mol. The first-order chi connectivity index (χ1) is 12.7. The third kappa shape index (κ3) is 3.00. The number of ether oxygens (including phenoxy) is 1. The van der Waals surface area contributed by atoms with Crippen molar-refractivity contribution in [1.29, 1.82) is 0 Å². The minimum Gasteiger partial charge on any atom is -0.497 e. The number of fused-ring (bicyclic) bond motifs is 1. The fraction of sp³-hybridized carbons (Fsp3) is 0.0500. The van der Waals surface area contributed by atoms with Crippen molar-refractivity contribution in [2.24, 2.45) is 0 Å². The zero-order valence-corrected chi connectivity index (χ0v) is 14.1. The van der Waals surface area contributed by atoms with Crippen LogP contribution in [0.15, 0.2) is 66.9 Å². The number of hydrogen-bond donors (Lipinski definition) is 2. The number of pyridine rings is 1. The minimum absolute atomic E-state index is 0.217. The number of benzene rings is 2. The highest BCUT2D eigenvalue weighted by Gasteiger charge is 2.13. The van der Waals surface area contributed by atoms with E-state index in [1.54, 1.807) is 37.6 Å². The van der Waals surface area contributed by atoms with Crippen molar-refractivity contribution in [3.05, 3.63) is 72.4 Å². The topological polar surface area (TPSA) is 79.9 Å². The number of H-pyrrole nitrogens is 1. The van der Waals surface area contributed by atoms with Crippen LogP contribution in [0.2, 0.25) is 0 Å². The summed E-state index contributed by atoms with van der Waals surface area (Å²) >= 11 is 0. The van der Waals surface area contributed by atoms with Gasteiger partial charge in [0.1, 0.15) is 11.6 Å². The molecule has 0 saturated carbocycles. The molecule has 2 aromatic heterocycles. The van der Waals surface area contributed by atoms with E-state index in [0.29, 0.717) is 28.5 Å². The predicted molar refractivity (Wildman–Crippen MR) is 100 cm³/mol. The highest BCUT2D eigenvalue weighted by Crippen LogP contribution is 2.27. The van der Waals surface area contributed by atoms with Crippen LogP contribution in [0.3, 0.4) is 0 Å². The molecule has 0 spiro atoms. The van der Waals surface area contributed by atoms with Crippen molar-refractivity contribution < 1.29 is 9.53 Å². The van der Waals surface area contributed by atoms with Gasteiger partial charge >= 0.3 is 0 Å². The number of imidazole rings is 1. The molecule has 4 rings (SSSR count). The Morgan fingerprint density at radius 2 is 1.96 bits per heavy atom. The number of hydrogen-bond acceptors (Lipinski definition) is 4. The lowest BCUT2D eigenvalue weighted by Gasteiger charge is -2.10. The van der Waals surface area contributed by atoms with E-state index in [2.05, 4.69) is 20.3 Å². The van der Waals surface area contributed by atoms with Gasteiger partial charge in [0.15, 0.2) is 5.65 Å². The van der Waals surface area contributed by atoms with Gasteiger partial charge in [-0.2, -0.15) is 0 Å². The molecule has 0 aliphatic carbocycles. The number of aromatic amines is 1. The highest BCUT2D eigenvalue weighted by atomic mass is 16.5. The summed E-state index contributed by atoms with van der Waals surface area (Å²) in [6.07, 6.45) is 1.70. The molecule has 0 atom stereocenters. The summed E-state index contributed by atoms with van der Waals surface area (Å²) in [4.78, 5) is 24.6. The van der Waals surface area contributed by atoms with Crippen LogP contribution in [0.4, 0.5) is 5.69 Å². The molecule has 0 aliphatic rings. The summed E-state index contributed by atoms with van der Waals surface area (Å²) in [5.74, 6) is 1.07. The minimum atomic E-state index is -0.217. The van der Waals surface area contributed by atoms with Crippen LogP contribution < -0.4 is 10.1 Å². The summed E-state index contributed by atoms with van der Waals surface area (Å²) in [5, 5.41) is 2.95. The summed E-state index contributed by atoms with van der Waals surface area (Å²) in [7, 11) is 1.57. The van der Waals surface area contributed by atoms with Gasteiger partial charge in [-0.3, -0.25) is 4.79 Å². The maximum atomic E-state index is 12.6. The number of nitrogens with zero attached hydrogens (tertiary/aromatic N) is 2. The number of amides is 1. The first-order valence-corrected chi connectivity index (χ1v) is 8.10. The van der Waals surface area contributed by atoms with Gasteiger partial charge in [0.05, 0.1) is 18.3 Å². The highest BCUT2D eigenvalue weighted by molar-refractivity contribution is 6.06. The van der Waals surface area contributed by atoms with Crippen molar-refractivity contribution in [3.8, 4) is 17.1 Å². The Morgan fingerprint density at radius 1 is 1.08 bits per heavy atom. The van der Waals surface area contributed by atoms with Gasteiger partial charge in [-0.25, -0.2) is 9.97 Å². The van der Waals surface area contributed by atoms with Crippen LogP contribution in [-0.4, -0.2) is 28.0 Å². The molecule has 4 aromatic rings. The number of carbonyl (C=O) groups excluding carboxylic acids is 1. The van der Waals surface area contributed by atoms with Crippen LogP contribution in [0, 0.1) is 0 Å². The number of nitrogens with one attached hydrogen (secondary N) is 2. The van der Waals surface area contributed by atoms with Crippen molar-refractivity contribution in [1.82, 2.24) is 15.0 Å². The number of para-hydroxylation sites is 1. The van der Waals surface area contributed by atoms with Crippen molar-refractivity contribution in [2.75, 3.05) is 12.4 Å². The van der Waals surface area contributed by atoms with Crippen molar-refractivity contribution in [3.63, 3.8) is 0 Å². The van der Waals surface area contributed by atoms with Gasteiger partial charge in [0.25, 0.3) is 5.91 Å².